The smallest absolute Gasteiger partial charge is 0.364 e. The molecule has 0 unspecified atom stereocenters. The molecule has 0 aromatic rings. The quantitative estimate of drug-likeness (QED) is 0.0427. The minimum Gasteiger partial charge on any atom is -0.477 e. The van der Waals surface area contributed by atoms with Crippen LogP contribution >= 0.6 is 0 Å². The molecule has 0 aromatic carbocycles. The van der Waals surface area contributed by atoms with E-state index in [2.05, 4.69) is 10.6 Å². The Morgan fingerprint density at radius 3 is 1.33 bits per heavy atom. The fourth-order valence-electron chi connectivity index (χ4n) is 12.7. The van der Waals surface area contributed by atoms with Crippen molar-refractivity contribution < 1.29 is 203 Å². The van der Waals surface area contributed by atoms with Crippen molar-refractivity contribution in [3.63, 3.8) is 0 Å². The summed E-state index contributed by atoms with van der Waals surface area (Å²) < 4.78 is 88.2. The number of hydrogen-bond acceptors (Lipinski definition) is 40. The second-order valence-corrected chi connectivity index (χ2v) is 25.3. The van der Waals surface area contributed by atoms with Crippen LogP contribution in [0.25, 0.3) is 0 Å². The van der Waals surface area contributed by atoms with Crippen molar-refractivity contribution in [2.75, 3.05) is 33.0 Å². The van der Waals surface area contributed by atoms with Gasteiger partial charge in [0.15, 0.2) is 44.0 Å². The van der Waals surface area contributed by atoms with Gasteiger partial charge in [0.1, 0.15) is 177 Å². The molecule has 8 fully saturated rings. The molecule has 0 radical (unpaired) electrons. The fraction of sp³-hybridized carbons (Fsp3) is 0.945. The Labute approximate surface area is 555 Å². The van der Waals surface area contributed by atoms with E-state index in [1.165, 1.54) is 20.8 Å². The first kappa shape index (κ1) is 80.6. The predicted molar refractivity (Wildman–Crippen MR) is 301 cm³/mol. The van der Waals surface area contributed by atoms with Crippen molar-refractivity contribution >= 4 is 17.8 Å². The molecular weight excluding hydrogens is 1340 g/mol. The van der Waals surface area contributed by atoms with Gasteiger partial charge >= 0.3 is 5.97 Å². The number of ether oxygens (including phenoxy) is 15. The van der Waals surface area contributed by atoms with Gasteiger partial charge in [-0.05, 0) is 20.8 Å². The van der Waals surface area contributed by atoms with Crippen LogP contribution in [-0.4, -0.2) is 419 Å². The lowest BCUT2D eigenvalue weighted by Crippen LogP contribution is -2.71. The minimum atomic E-state index is -3.51. The summed E-state index contributed by atoms with van der Waals surface area (Å²) in [6, 6.07) is -3.73. The van der Waals surface area contributed by atoms with Crippen LogP contribution in [0, 0.1) is 0 Å². The Morgan fingerprint density at radius 2 is 0.847 bits per heavy atom. The Balaban J connectivity index is 1.10. The van der Waals surface area contributed by atoms with E-state index in [1.807, 2.05) is 0 Å². The number of amides is 2. The zero-order chi connectivity index (χ0) is 72.6. The first-order valence-corrected chi connectivity index (χ1v) is 31.3. The average Bonchev–Trinajstić information content (AvgIpc) is 0.752. The molecule has 8 aliphatic rings. The summed E-state index contributed by atoms with van der Waals surface area (Å²) in [6.07, 6.45) is -78.7. The summed E-state index contributed by atoms with van der Waals surface area (Å²) in [7, 11) is 0. The highest BCUT2D eigenvalue weighted by Gasteiger charge is 2.64. The fourth-order valence-corrected chi connectivity index (χ4v) is 12.7. The number of hydrogen-bond donors (Lipinski definition) is 25. The Morgan fingerprint density at radius 1 is 0.439 bits per heavy atom. The second kappa shape index (κ2) is 33.8. The number of aliphatic hydroxyl groups is 22. The highest BCUT2D eigenvalue weighted by molar-refractivity contribution is 5.76. The maximum absolute atomic E-state index is 13.9. The highest BCUT2D eigenvalue weighted by atomic mass is 16.8. The van der Waals surface area contributed by atoms with Gasteiger partial charge in [-0.1, -0.05) is 0 Å². The molecule has 2 amide bonds. The summed E-state index contributed by atoms with van der Waals surface area (Å²) >= 11 is 0. The summed E-state index contributed by atoms with van der Waals surface area (Å²) in [4.78, 5) is 39.8. The van der Waals surface area contributed by atoms with Crippen LogP contribution in [-0.2, 0) is 85.4 Å². The lowest BCUT2D eigenvalue weighted by Gasteiger charge is -2.52. The number of carboxylic acids is 1. The number of rotatable bonds is 24. The Bertz CT molecular complexity index is 2560. The molecule has 8 heterocycles. The van der Waals surface area contributed by atoms with Gasteiger partial charge in [-0.3, -0.25) is 9.59 Å². The molecule has 0 aromatic heterocycles. The normalized spacial score (nSPS) is 50.2. The van der Waals surface area contributed by atoms with Crippen molar-refractivity contribution in [1.29, 1.82) is 0 Å². The molecule has 8 saturated heterocycles. The van der Waals surface area contributed by atoms with Gasteiger partial charge in [-0.15, -0.1) is 0 Å². The van der Waals surface area contributed by atoms with Crippen molar-refractivity contribution in [2.24, 2.45) is 0 Å². The number of nitrogens with one attached hydrogen (secondary N) is 2. The molecule has 43 nitrogen and oxygen atoms in total. The number of aliphatic carboxylic acids is 1. The third kappa shape index (κ3) is 17.0. The SMILES string of the molecule is CC(=O)N[C@@H]1[C@@H](O[C@@H]2O[C@H](CO)[C@H](O)[C@H](O[C@]3(C(=O)O)C[C@H](O[C@@H]4O[C@@H](C)[C@@H](O)[C@@H](O)[C@@H]4O)[C@@H](O[C@@H]4O[C@@H](C)[C@@H](O)[C@@H](O)[C@@H]4O)[C@H]([C@H](O)[C@H](O)CO)O3)[C@H]2O)[C@@H](O)[C@@H](CO[C@@H]2O[C@H](CO)[C@@H](O[C@@H]3O[C@H](CO)[C@H](O)[C@H](O)[C@H]3O)[C@H](O[C@@H]3O[C@@H](C)[C@@H](O)[C@@H](O)[C@@H]3O)[C@H]2NC(C)=O)O[C@H]1O. The number of carboxylic acid groups (broad SMARTS) is 1. The Hall–Kier alpha value is -3.07. The molecule has 98 heavy (non-hydrogen) atoms. The standard InChI is InChI=1S/C55H92N2O41/c1-12-25(65)32(72)36(76)49(85-12)89-18-6-55(54(82)83,98-46(28(68)17(64)7-58)41(18)93-50-37(77)33(73)26(66)13(2)86-50)97-45-30(70)20(9-60)91-53(40(45)80)95-43-23(56-15(4)62)47(81)88-22(31(43)71)11-84-48-24(57-16(5)63)44(96-51-38(78)34(74)27(67)14(3)87-51)42(21(10-61)92-48)94-52-39(79)35(75)29(69)19(8-59)90-52/h12-14,17-53,58-61,64-81H,6-11H2,1-5H3,(H,56,62)(H,57,63)(H,82,83)/t12-,13-,14-,17+,18-,19+,20+,21+,22+,23+,24+,25+,26+,27+,28+,29-,30-,31-,32+,33+,34+,35-,36-,37-,38-,39+,40+,41+,42+,43+,44+,45-,46-,47+,48+,49-,50-,51-,52-,53-,55+/m0/s1. The van der Waals surface area contributed by atoms with E-state index in [0.29, 0.717) is 0 Å². The first-order chi connectivity index (χ1) is 46.0. The van der Waals surface area contributed by atoms with E-state index in [-0.39, 0.29) is 0 Å². The van der Waals surface area contributed by atoms with Crippen LogP contribution in [0.5, 0.6) is 0 Å². The molecule has 0 aliphatic carbocycles. The molecule has 568 valence electrons. The number of carbonyl (C=O) groups excluding carboxylic acids is 2. The topological polar surface area (TPSA) is 679 Å². The van der Waals surface area contributed by atoms with Crippen LogP contribution in [0.3, 0.4) is 0 Å². The van der Waals surface area contributed by atoms with E-state index in [4.69, 9.17) is 71.1 Å². The van der Waals surface area contributed by atoms with Crippen LogP contribution in [0.15, 0.2) is 0 Å². The first-order valence-electron chi connectivity index (χ1n) is 31.3. The van der Waals surface area contributed by atoms with Crippen LogP contribution < -0.4 is 10.6 Å². The monoisotopic (exact) mass is 1440 g/mol. The van der Waals surface area contributed by atoms with Crippen LogP contribution in [0.2, 0.25) is 0 Å². The van der Waals surface area contributed by atoms with E-state index in [0.717, 1.165) is 13.8 Å². The third-order valence-corrected chi connectivity index (χ3v) is 18.3. The third-order valence-electron chi connectivity index (χ3n) is 18.3. The van der Waals surface area contributed by atoms with Crippen LogP contribution in [0.4, 0.5) is 0 Å². The minimum absolute atomic E-state index is 0.900. The number of carbonyl (C=O) groups is 3. The van der Waals surface area contributed by atoms with Crippen molar-refractivity contribution in [1.82, 2.24) is 10.6 Å². The summed E-state index contributed by atoms with van der Waals surface area (Å²) in [6.45, 7) is -0.00582. The summed E-state index contributed by atoms with van der Waals surface area (Å²) in [5.74, 6) is -7.60. The Kier molecular flexibility index (Phi) is 27.8. The van der Waals surface area contributed by atoms with E-state index >= 15 is 0 Å². The van der Waals surface area contributed by atoms with Crippen molar-refractivity contribution in [3.8, 4) is 0 Å². The highest BCUT2D eigenvalue weighted by Crippen LogP contribution is 2.43. The maximum atomic E-state index is 13.9. The second-order valence-electron chi connectivity index (χ2n) is 25.3. The van der Waals surface area contributed by atoms with Crippen molar-refractivity contribution in [3.05, 3.63) is 0 Å². The van der Waals surface area contributed by atoms with Crippen LogP contribution in [0.1, 0.15) is 41.0 Å². The molecule has 8 rings (SSSR count). The van der Waals surface area contributed by atoms with Gasteiger partial charge in [-0.25, -0.2) is 4.79 Å². The zero-order valence-electron chi connectivity index (χ0n) is 53.0. The largest absolute Gasteiger partial charge is 0.477 e. The average molecular weight is 1440 g/mol. The van der Waals surface area contributed by atoms with Gasteiger partial charge in [0, 0.05) is 20.3 Å². The predicted octanol–water partition coefficient (Wildman–Crippen LogP) is -15.9. The zero-order valence-corrected chi connectivity index (χ0v) is 53.0. The lowest BCUT2D eigenvalue weighted by molar-refractivity contribution is -0.408. The van der Waals surface area contributed by atoms with E-state index < -0.39 is 308 Å². The van der Waals surface area contributed by atoms with Gasteiger partial charge in [0.2, 0.25) is 11.8 Å². The van der Waals surface area contributed by atoms with Gasteiger partial charge in [0.05, 0.1) is 57.5 Å². The summed E-state index contributed by atoms with van der Waals surface area (Å²) in [5.41, 5.74) is 0. The van der Waals surface area contributed by atoms with Gasteiger partial charge < -0.3 is 199 Å². The summed E-state index contributed by atoms with van der Waals surface area (Å²) in [5, 5.41) is 257. The van der Waals surface area contributed by atoms with E-state index in [1.54, 1.807) is 0 Å². The molecule has 43 heteroatoms. The van der Waals surface area contributed by atoms with E-state index in [9.17, 15) is 132 Å². The van der Waals surface area contributed by atoms with Gasteiger partial charge in [-0.2, -0.15) is 0 Å². The molecular formula is C55H92N2O41. The maximum Gasteiger partial charge on any atom is 0.364 e. The molecule has 25 N–H and O–H groups in total. The molecule has 41 atom stereocenters. The lowest BCUT2D eigenvalue weighted by atomic mass is 9.89. The number of aliphatic hydroxyl groups excluding tert-OH is 22. The van der Waals surface area contributed by atoms with Crippen molar-refractivity contribution in [2.45, 2.75) is 292 Å². The molecule has 8 aliphatic heterocycles. The van der Waals surface area contributed by atoms with Gasteiger partial charge in [0.25, 0.3) is 5.79 Å². The molecule has 0 bridgehead atoms. The molecule has 0 saturated carbocycles. The molecule has 0 spiro atoms.